The first-order valence-corrected chi connectivity index (χ1v) is 9.51. The van der Waals surface area contributed by atoms with Crippen LogP contribution in [-0.4, -0.2) is 0 Å². The van der Waals surface area contributed by atoms with Crippen LogP contribution in [0.15, 0.2) is 36.5 Å². The van der Waals surface area contributed by atoms with Crippen molar-refractivity contribution >= 4 is 0 Å². The maximum absolute atomic E-state index is 2.35. The van der Waals surface area contributed by atoms with Gasteiger partial charge in [-0.1, -0.05) is 96.3 Å². The molecule has 0 bridgehead atoms. The Hall–Kier alpha value is -0.780. The molecule has 0 fully saturated rings. The molecule has 0 unspecified atom stereocenters. The fraction of sp³-hybridized carbons (Fsp3) is 0.727. The zero-order valence-corrected chi connectivity index (χ0v) is 15.7. The van der Waals surface area contributed by atoms with Gasteiger partial charge in [0.25, 0.3) is 0 Å². The highest BCUT2D eigenvalue weighted by atomic mass is 14.1. The van der Waals surface area contributed by atoms with Crippen molar-refractivity contribution in [3.05, 3.63) is 36.5 Å². The largest absolute Gasteiger partial charge is 0.0885 e. The Morgan fingerprint density at radius 3 is 1.68 bits per heavy atom. The van der Waals surface area contributed by atoms with Crippen LogP contribution in [-0.2, 0) is 0 Å². The molecule has 0 heterocycles. The summed E-state index contributed by atoms with van der Waals surface area (Å²) in [6.07, 6.45) is 28.0. The second kappa shape index (κ2) is 15.1. The number of rotatable bonds is 13. The van der Waals surface area contributed by atoms with Gasteiger partial charge in [0.2, 0.25) is 0 Å². The van der Waals surface area contributed by atoms with Crippen molar-refractivity contribution in [2.75, 3.05) is 0 Å². The summed E-state index contributed by atoms with van der Waals surface area (Å²) in [6, 6.07) is 0. The van der Waals surface area contributed by atoms with Gasteiger partial charge in [0, 0.05) is 0 Å². The highest BCUT2D eigenvalue weighted by Crippen LogP contribution is 2.22. The molecular weight excluding hydrogens is 264 g/mol. The summed E-state index contributed by atoms with van der Waals surface area (Å²) in [7, 11) is 0. The zero-order valence-electron chi connectivity index (χ0n) is 15.7. The number of unbranched alkanes of at least 4 members (excludes halogenated alkanes) is 6. The molecule has 0 aliphatic heterocycles. The lowest BCUT2D eigenvalue weighted by Gasteiger charge is -2.17. The van der Waals surface area contributed by atoms with Gasteiger partial charge in [-0.05, 0) is 43.9 Å². The smallest absolute Gasteiger partial charge is 0.0169 e. The van der Waals surface area contributed by atoms with Gasteiger partial charge in [0.15, 0.2) is 0 Å². The highest BCUT2D eigenvalue weighted by molar-refractivity contribution is 4.96. The van der Waals surface area contributed by atoms with Crippen LogP contribution in [0.2, 0.25) is 0 Å². The third-order valence-corrected chi connectivity index (χ3v) is 3.83. The molecule has 0 N–H and O–H groups in total. The SMILES string of the molecule is CC/C=C/C/C=C/C/C=C/CCCCCCCCC(C)(C)C. The maximum Gasteiger partial charge on any atom is -0.0169 e. The van der Waals surface area contributed by atoms with E-state index in [1.807, 2.05) is 0 Å². The van der Waals surface area contributed by atoms with Crippen LogP contribution in [0, 0.1) is 5.41 Å². The predicted octanol–water partition coefficient (Wildman–Crippen LogP) is 8.01. The number of hydrogen-bond acceptors (Lipinski definition) is 0. The van der Waals surface area contributed by atoms with Crippen LogP contribution in [0.1, 0.15) is 98.3 Å². The third kappa shape index (κ3) is 19.2. The molecule has 0 aliphatic carbocycles. The predicted molar refractivity (Wildman–Crippen MR) is 103 cm³/mol. The highest BCUT2D eigenvalue weighted by Gasteiger charge is 2.08. The Morgan fingerprint density at radius 2 is 1.09 bits per heavy atom. The van der Waals surface area contributed by atoms with E-state index in [0.717, 1.165) is 19.3 Å². The minimum absolute atomic E-state index is 0.519. The summed E-state index contributed by atoms with van der Waals surface area (Å²) >= 11 is 0. The summed E-state index contributed by atoms with van der Waals surface area (Å²) in [5, 5.41) is 0. The lowest BCUT2D eigenvalue weighted by molar-refractivity contribution is 0.356. The second-order valence-corrected chi connectivity index (χ2v) is 7.51. The van der Waals surface area contributed by atoms with Crippen LogP contribution >= 0.6 is 0 Å². The van der Waals surface area contributed by atoms with Crippen molar-refractivity contribution in [1.82, 2.24) is 0 Å². The molecular formula is C22H40. The van der Waals surface area contributed by atoms with E-state index in [1.165, 1.54) is 51.4 Å². The van der Waals surface area contributed by atoms with Gasteiger partial charge >= 0.3 is 0 Å². The summed E-state index contributed by atoms with van der Waals surface area (Å²) in [5.74, 6) is 0. The monoisotopic (exact) mass is 304 g/mol. The Kier molecular flexibility index (Phi) is 14.6. The summed E-state index contributed by atoms with van der Waals surface area (Å²) in [6.45, 7) is 9.21. The van der Waals surface area contributed by atoms with E-state index in [2.05, 4.69) is 64.2 Å². The van der Waals surface area contributed by atoms with Gasteiger partial charge in [0.05, 0.1) is 0 Å². The molecule has 0 nitrogen and oxygen atoms in total. The van der Waals surface area contributed by atoms with Crippen LogP contribution in [0.5, 0.6) is 0 Å². The topological polar surface area (TPSA) is 0 Å². The van der Waals surface area contributed by atoms with Crippen molar-refractivity contribution in [1.29, 1.82) is 0 Å². The van der Waals surface area contributed by atoms with Crippen molar-refractivity contribution < 1.29 is 0 Å². The molecule has 0 saturated carbocycles. The zero-order chi connectivity index (χ0) is 16.5. The van der Waals surface area contributed by atoms with Gasteiger partial charge in [-0.3, -0.25) is 0 Å². The van der Waals surface area contributed by atoms with Crippen molar-refractivity contribution in [3.8, 4) is 0 Å². The molecule has 0 rings (SSSR count). The molecule has 0 aromatic heterocycles. The number of hydrogen-bond donors (Lipinski definition) is 0. The second-order valence-electron chi connectivity index (χ2n) is 7.51. The van der Waals surface area contributed by atoms with E-state index in [4.69, 9.17) is 0 Å². The van der Waals surface area contributed by atoms with E-state index in [9.17, 15) is 0 Å². The van der Waals surface area contributed by atoms with Crippen LogP contribution < -0.4 is 0 Å². The maximum atomic E-state index is 2.35. The Labute approximate surface area is 140 Å². The van der Waals surface area contributed by atoms with Crippen LogP contribution in [0.4, 0.5) is 0 Å². The normalized spacial score (nSPS) is 13.1. The summed E-state index contributed by atoms with van der Waals surface area (Å²) in [4.78, 5) is 0. The van der Waals surface area contributed by atoms with E-state index in [0.29, 0.717) is 5.41 Å². The minimum atomic E-state index is 0.519. The van der Waals surface area contributed by atoms with E-state index in [-0.39, 0.29) is 0 Å². The minimum Gasteiger partial charge on any atom is -0.0885 e. The first kappa shape index (κ1) is 21.2. The van der Waals surface area contributed by atoms with E-state index < -0.39 is 0 Å². The van der Waals surface area contributed by atoms with Crippen LogP contribution in [0.25, 0.3) is 0 Å². The molecule has 0 saturated heterocycles. The number of allylic oxidation sites excluding steroid dienone is 6. The Morgan fingerprint density at radius 1 is 0.591 bits per heavy atom. The van der Waals surface area contributed by atoms with Gasteiger partial charge in [-0.15, -0.1) is 0 Å². The molecule has 22 heavy (non-hydrogen) atoms. The van der Waals surface area contributed by atoms with Gasteiger partial charge in [-0.2, -0.15) is 0 Å². The first-order chi connectivity index (χ1) is 10.6. The van der Waals surface area contributed by atoms with Crippen LogP contribution in [0.3, 0.4) is 0 Å². The Bertz CT molecular complexity index is 298. The lowest BCUT2D eigenvalue weighted by Crippen LogP contribution is -2.03. The van der Waals surface area contributed by atoms with Crippen molar-refractivity contribution in [2.45, 2.75) is 98.3 Å². The molecule has 0 radical (unpaired) electrons. The molecule has 0 amide bonds. The molecule has 0 heteroatoms. The molecule has 0 atom stereocenters. The quantitative estimate of drug-likeness (QED) is 0.239. The molecule has 0 aliphatic rings. The first-order valence-electron chi connectivity index (χ1n) is 9.51. The molecule has 0 aromatic rings. The van der Waals surface area contributed by atoms with E-state index in [1.54, 1.807) is 0 Å². The third-order valence-electron chi connectivity index (χ3n) is 3.83. The van der Waals surface area contributed by atoms with Crippen molar-refractivity contribution in [2.24, 2.45) is 5.41 Å². The average molecular weight is 305 g/mol. The van der Waals surface area contributed by atoms with Gasteiger partial charge in [0.1, 0.15) is 0 Å². The van der Waals surface area contributed by atoms with Gasteiger partial charge in [-0.25, -0.2) is 0 Å². The molecule has 128 valence electrons. The fourth-order valence-electron chi connectivity index (χ4n) is 2.45. The molecule has 0 spiro atoms. The van der Waals surface area contributed by atoms with Gasteiger partial charge < -0.3 is 0 Å². The Balaban J connectivity index is 3.25. The summed E-state index contributed by atoms with van der Waals surface area (Å²) in [5.41, 5.74) is 0.519. The summed E-state index contributed by atoms with van der Waals surface area (Å²) < 4.78 is 0. The lowest BCUT2D eigenvalue weighted by atomic mass is 9.89. The fourth-order valence-corrected chi connectivity index (χ4v) is 2.45. The standard InChI is InChI=1S/C22H40/c1-5-6-7-8-9-10-11-12-13-14-15-16-17-18-19-20-21-22(2,3)4/h6-7,9-10,12-13H,5,8,11,14-21H2,1-4H3/b7-6+,10-9+,13-12+. The average Bonchev–Trinajstić information content (AvgIpc) is 2.45. The van der Waals surface area contributed by atoms with Crippen molar-refractivity contribution in [3.63, 3.8) is 0 Å². The molecule has 0 aromatic carbocycles. The van der Waals surface area contributed by atoms with E-state index >= 15 is 0 Å².